The van der Waals surface area contributed by atoms with Gasteiger partial charge in [-0.15, -0.1) is 0 Å². The number of hydrogen-bond acceptors (Lipinski definition) is 0. The fraction of sp³-hybridized carbons (Fsp3) is 0. The molecule has 0 atom stereocenters. The molecule has 3 rings (SSSR count). The minimum Gasteiger partial charge on any atom is -0.0727 e. The SMILES string of the molecule is ClP(Cl)c1ccccc1P(c1ccccc1)c1ccccc1. The largest absolute Gasteiger partial charge is 0.117 e. The Morgan fingerprint density at radius 3 is 1.36 bits per heavy atom. The van der Waals surface area contributed by atoms with Crippen LogP contribution in [0.1, 0.15) is 0 Å². The third-order valence-corrected chi connectivity index (χ3v) is 7.86. The van der Waals surface area contributed by atoms with Crippen molar-refractivity contribution in [3.05, 3.63) is 84.9 Å². The summed E-state index contributed by atoms with van der Waals surface area (Å²) in [6.07, 6.45) is 0. The van der Waals surface area contributed by atoms with Crippen LogP contribution >= 0.6 is 37.0 Å². The van der Waals surface area contributed by atoms with Crippen molar-refractivity contribution in [1.82, 2.24) is 0 Å². The highest BCUT2D eigenvalue weighted by atomic mass is 35.9. The molecular formula is C18H14Cl2P2. The van der Waals surface area contributed by atoms with Crippen LogP contribution in [0, 0.1) is 0 Å². The third kappa shape index (κ3) is 3.53. The Kier molecular flexibility index (Phi) is 5.51. The van der Waals surface area contributed by atoms with Crippen LogP contribution in [0.15, 0.2) is 84.9 Å². The predicted molar refractivity (Wildman–Crippen MR) is 103 cm³/mol. The number of rotatable bonds is 4. The van der Waals surface area contributed by atoms with E-state index in [0.29, 0.717) is 0 Å². The van der Waals surface area contributed by atoms with Gasteiger partial charge in [0, 0.05) is 5.30 Å². The molecule has 3 aromatic rings. The lowest BCUT2D eigenvalue weighted by molar-refractivity contribution is 1.75. The van der Waals surface area contributed by atoms with Gasteiger partial charge in [-0.05, 0) is 23.8 Å². The number of hydrogen-bond donors (Lipinski definition) is 0. The highest BCUT2D eigenvalue weighted by Crippen LogP contribution is 2.47. The molecule has 0 N–H and O–H groups in total. The quantitative estimate of drug-likeness (QED) is 0.581. The summed E-state index contributed by atoms with van der Waals surface area (Å²) in [5, 5.41) is 4.91. The van der Waals surface area contributed by atoms with Gasteiger partial charge in [0.1, 0.15) is 6.63 Å². The van der Waals surface area contributed by atoms with Crippen molar-refractivity contribution in [2.24, 2.45) is 0 Å². The molecule has 0 radical (unpaired) electrons. The Hall–Kier alpha value is -0.900. The molecule has 0 bridgehead atoms. The molecule has 0 aliphatic rings. The molecule has 3 aromatic carbocycles. The number of benzene rings is 3. The topological polar surface area (TPSA) is 0 Å². The molecule has 0 aromatic heterocycles. The molecule has 0 heterocycles. The van der Waals surface area contributed by atoms with Crippen molar-refractivity contribution in [1.29, 1.82) is 0 Å². The van der Waals surface area contributed by atoms with Crippen molar-refractivity contribution in [3.63, 3.8) is 0 Å². The first-order chi connectivity index (χ1) is 10.8. The van der Waals surface area contributed by atoms with E-state index in [2.05, 4.69) is 60.7 Å². The van der Waals surface area contributed by atoms with Crippen LogP contribution in [0.4, 0.5) is 0 Å². The zero-order chi connectivity index (χ0) is 15.4. The van der Waals surface area contributed by atoms with Gasteiger partial charge in [0.25, 0.3) is 0 Å². The lowest BCUT2D eigenvalue weighted by Gasteiger charge is -2.22. The molecular weight excluding hydrogens is 349 g/mol. The molecule has 22 heavy (non-hydrogen) atoms. The van der Waals surface area contributed by atoms with Gasteiger partial charge < -0.3 is 0 Å². The van der Waals surface area contributed by atoms with E-state index in [4.69, 9.17) is 22.5 Å². The lowest BCUT2D eigenvalue weighted by atomic mass is 10.3. The Morgan fingerprint density at radius 1 is 0.500 bits per heavy atom. The van der Waals surface area contributed by atoms with Gasteiger partial charge in [0.15, 0.2) is 0 Å². The van der Waals surface area contributed by atoms with Crippen LogP contribution in [0.5, 0.6) is 0 Å². The first-order valence-corrected chi connectivity index (χ1v) is 11.4. The van der Waals surface area contributed by atoms with E-state index in [1.165, 1.54) is 15.9 Å². The minimum absolute atomic E-state index is 0.652. The average molecular weight is 363 g/mol. The molecule has 110 valence electrons. The monoisotopic (exact) mass is 362 g/mol. The second-order valence-corrected chi connectivity index (χ2v) is 10.4. The Morgan fingerprint density at radius 2 is 0.909 bits per heavy atom. The fourth-order valence-corrected chi connectivity index (χ4v) is 7.00. The van der Waals surface area contributed by atoms with E-state index in [1.807, 2.05) is 24.3 Å². The summed E-state index contributed by atoms with van der Waals surface area (Å²) in [6, 6.07) is 29.4. The summed E-state index contributed by atoms with van der Waals surface area (Å²) < 4.78 is 0. The molecule has 0 fully saturated rings. The molecule has 0 saturated heterocycles. The Labute approximate surface area is 143 Å². The average Bonchev–Trinajstić information content (AvgIpc) is 2.57. The number of halogens is 2. The first-order valence-electron chi connectivity index (χ1n) is 6.88. The van der Waals surface area contributed by atoms with Crippen LogP contribution in [-0.2, 0) is 0 Å². The second-order valence-electron chi connectivity index (χ2n) is 4.73. The smallest absolute Gasteiger partial charge is 0.0727 e. The van der Waals surface area contributed by atoms with E-state index in [9.17, 15) is 0 Å². The van der Waals surface area contributed by atoms with Crippen molar-refractivity contribution < 1.29 is 0 Å². The molecule has 0 aliphatic heterocycles. The zero-order valence-corrected chi connectivity index (χ0v) is 15.0. The van der Waals surface area contributed by atoms with Gasteiger partial charge in [0.05, 0.1) is 0 Å². The molecule has 0 saturated carbocycles. The molecule has 0 aliphatic carbocycles. The van der Waals surface area contributed by atoms with Crippen LogP contribution in [0.3, 0.4) is 0 Å². The van der Waals surface area contributed by atoms with E-state index >= 15 is 0 Å². The predicted octanol–water partition coefficient (Wildman–Crippen LogP) is 4.86. The van der Waals surface area contributed by atoms with Gasteiger partial charge >= 0.3 is 0 Å². The van der Waals surface area contributed by atoms with Crippen LogP contribution in [0.2, 0.25) is 0 Å². The standard InChI is InChI=1S/C18H14Cl2P2/c19-22(20)18-14-8-7-13-17(18)21(15-9-3-1-4-10-15)16-11-5-2-6-12-16/h1-14H. The Bertz CT molecular complexity index is 691. The van der Waals surface area contributed by atoms with Gasteiger partial charge in [-0.3, -0.25) is 0 Å². The van der Waals surface area contributed by atoms with E-state index < -0.39 is 14.5 Å². The molecule has 0 unspecified atom stereocenters. The summed E-state index contributed by atoms with van der Waals surface area (Å²) in [6.45, 7) is -1.17. The summed E-state index contributed by atoms with van der Waals surface area (Å²) in [5.74, 6) is 0. The summed E-state index contributed by atoms with van der Waals surface area (Å²) in [7, 11) is -0.652. The summed E-state index contributed by atoms with van der Waals surface area (Å²) in [4.78, 5) is 0. The van der Waals surface area contributed by atoms with Gasteiger partial charge in [0.2, 0.25) is 0 Å². The third-order valence-electron chi connectivity index (χ3n) is 3.33. The van der Waals surface area contributed by atoms with E-state index in [1.54, 1.807) is 0 Å². The van der Waals surface area contributed by atoms with Gasteiger partial charge in [-0.1, -0.05) is 107 Å². The van der Waals surface area contributed by atoms with Crippen molar-refractivity contribution >= 4 is 58.2 Å². The molecule has 0 amide bonds. The summed E-state index contributed by atoms with van der Waals surface area (Å²) >= 11 is 12.5. The maximum absolute atomic E-state index is 6.27. The maximum Gasteiger partial charge on any atom is 0.117 e. The highest BCUT2D eigenvalue weighted by Gasteiger charge is 2.21. The highest BCUT2D eigenvalue weighted by molar-refractivity contribution is 8.09. The van der Waals surface area contributed by atoms with Crippen molar-refractivity contribution in [2.45, 2.75) is 0 Å². The molecule has 0 nitrogen and oxygen atoms in total. The Balaban J connectivity index is 2.19. The van der Waals surface area contributed by atoms with Crippen LogP contribution in [-0.4, -0.2) is 0 Å². The maximum atomic E-state index is 6.27. The van der Waals surface area contributed by atoms with Crippen LogP contribution < -0.4 is 21.2 Å². The van der Waals surface area contributed by atoms with Crippen molar-refractivity contribution in [2.75, 3.05) is 0 Å². The molecule has 0 spiro atoms. The van der Waals surface area contributed by atoms with Gasteiger partial charge in [-0.25, -0.2) is 0 Å². The lowest BCUT2D eigenvalue weighted by Crippen LogP contribution is -2.28. The second kappa shape index (κ2) is 7.58. The van der Waals surface area contributed by atoms with Gasteiger partial charge in [-0.2, -0.15) is 0 Å². The van der Waals surface area contributed by atoms with E-state index in [0.717, 1.165) is 5.30 Å². The normalized spacial score (nSPS) is 11.1. The minimum atomic E-state index is -1.17. The van der Waals surface area contributed by atoms with Crippen LogP contribution in [0.25, 0.3) is 0 Å². The zero-order valence-electron chi connectivity index (χ0n) is 11.7. The van der Waals surface area contributed by atoms with E-state index in [-0.39, 0.29) is 0 Å². The van der Waals surface area contributed by atoms with Crippen molar-refractivity contribution in [3.8, 4) is 0 Å². The summed E-state index contributed by atoms with van der Waals surface area (Å²) in [5.41, 5.74) is 0. The molecule has 4 heteroatoms. The first kappa shape index (κ1) is 16.0. The fourth-order valence-electron chi connectivity index (χ4n) is 2.38.